The predicted molar refractivity (Wildman–Crippen MR) is 119 cm³/mol. The number of aliphatic hydroxyl groups is 1. The first kappa shape index (κ1) is 32.1. The van der Waals surface area contributed by atoms with E-state index in [0.717, 1.165) is 19.3 Å². The monoisotopic (exact) mass is 442 g/mol. The van der Waals surface area contributed by atoms with Gasteiger partial charge in [-0.2, -0.15) is 0 Å². The Kier molecular flexibility index (Phi) is 24.4. The summed E-state index contributed by atoms with van der Waals surface area (Å²) in [5.41, 5.74) is 0. The summed E-state index contributed by atoms with van der Waals surface area (Å²) >= 11 is 0. The van der Waals surface area contributed by atoms with Crippen molar-refractivity contribution < 1.29 is 47.6 Å². The maximum absolute atomic E-state index is 11.4. The molecule has 0 aliphatic carbocycles. The fourth-order valence-corrected chi connectivity index (χ4v) is 4.64. The number of unbranched alkanes of at least 4 members (excludes halogenated alkanes) is 14. The summed E-state index contributed by atoms with van der Waals surface area (Å²) in [5, 5.41) is 8.76. The average Bonchev–Trinajstić information content (AvgIpc) is 2.65. The van der Waals surface area contributed by atoms with Crippen LogP contribution in [0.2, 0.25) is 0 Å². The summed E-state index contributed by atoms with van der Waals surface area (Å²) in [6.45, 7) is 4.12. The fraction of sp³-hybridized carbons (Fsp3) is 1.00. The van der Waals surface area contributed by atoms with Gasteiger partial charge in [-0.25, -0.2) is 8.42 Å². The van der Waals surface area contributed by atoms with Crippen LogP contribution in [0.4, 0.5) is 0 Å². The van der Waals surface area contributed by atoms with E-state index in [2.05, 4.69) is 6.92 Å². The third kappa shape index (κ3) is 21.9. The summed E-state index contributed by atoms with van der Waals surface area (Å²) in [4.78, 5) is 0. The minimum atomic E-state index is -4.25. The summed E-state index contributed by atoms with van der Waals surface area (Å²) in [6.07, 6.45) is 20.3. The second-order valence-electron chi connectivity index (χ2n) is 8.49. The smallest absolute Gasteiger partial charge is 0.748 e. The van der Waals surface area contributed by atoms with Crippen LogP contribution in [0.3, 0.4) is 0 Å². The molecule has 29 heavy (non-hydrogen) atoms. The Morgan fingerprint density at radius 3 is 1.38 bits per heavy atom. The molecule has 170 valence electrons. The molecule has 0 saturated heterocycles. The van der Waals surface area contributed by atoms with Crippen LogP contribution in [0, 0.1) is 0 Å². The fourth-order valence-electron chi connectivity index (χ4n) is 3.76. The van der Waals surface area contributed by atoms with Crippen molar-refractivity contribution in [3.63, 3.8) is 0 Å². The van der Waals surface area contributed by atoms with Crippen molar-refractivity contribution in [1.29, 1.82) is 0 Å². The van der Waals surface area contributed by atoms with E-state index < -0.39 is 21.5 Å². The number of aliphatic hydroxyl groups excluding tert-OH is 1. The van der Waals surface area contributed by atoms with Crippen molar-refractivity contribution in [2.75, 3.05) is 0 Å². The van der Waals surface area contributed by atoms with Crippen LogP contribution < -0.4 is 29.6 Å². The van der Waals surface area contributed by atoms with Crippen LogP contribution >= 0.6 is 0 Å². The van der Waals surface area contributed by atoms with Crippen LogP contribution in [0.25, 0.3) is 0 Å². The normalized spacial score (nSPS) is 13.8. The van der Waals surface area contributed by atoms with Gasteiger partial charge in [0.1, 0.15) is 0 Å². The molecule has 0 spiro atoms. The first-order valence-corrected chi connectivity index (χ1v) is 13.5. The van der Waals surface area contributed by atoms with Crippen molar-refractivity contribution in [2.24, 2.45) is 0 Å². The van der Waals surface area contributed by atoms with E-state index in [1.165, 1.54) is 77.0 Å². The summed E-state index contributed by atoms with van der Waals surface area (Å²) in [7, 11) is -4.25. The SMILES string of the molecule is CCCCCCCCCCCCCCCCCC(CCC(O)CC)S(=O)(=O)[O-].[Na+]. The Morgan fingerprint density at radius 2 is 1.03 bits per heavy atom. The van der Waals surface area contributed by atoms with Gasteiger partial charge in [0.25, 0.3) is 0 Å². The molecule has 0 aromatic carbocycles. The second-order valence-corrected chi connectivity index (χ2v) is 10.1. The molecule has 0 amide bonds. The van der Waals surface area contributed by atoms with Gasteiger partial charge in [0.2, 0.25) is 0 Å². The molecule has 0 aromatic heterocycles. The molecule has 0 aliphatic heterocycles. The number of rotatable bonds is 21. The molecule has 0 aliphatic rings. The molecule has 0 bridgehead atoms. The molecular formula is C23H47NaO4S. The van der Waals surface area contributed by atoms with Crippen molar-refractivity contribution in [3.05, 3.63) is 0 Å². The maximum Gasteiger partial charge on any atom is 1.00 e. The first-order chi connectivity index (χ1) is 13.4. The Labute approximate surface area is 204 Å². The van der Waals surface area contributed by atoms with Crippen LogP contribution in [-0.4, -0.2) is 29.4 Å². The zero-order valence-corrected chi connectivity index (χ0v) is 22.5. The number of hydrogen-bond acceptors (Lipinski definition) is 4. The van der Waals surface area contributed by atoms with Crippen LogP contribution in [0.15, 0.2) is 0 Å². The van der Waals surface area contributed by atoms with E-state index in [9.17, 15) is 18.1 Å². The largest absolute Gasteiger partial charge is 1.00 e. The zero-order chi connectivity index (χ0) is 21.1. The topological polar surface area (TPSA) is 77.4 Å². The van der Waals surface area contributed by atoms with Gasteiger partial charge >= 0.3 is 29.6 Å². The quantitative estimate of drug-likeness (QED) is 0.167. The molecule has 0 rings (SSSR count). The maximum atomic E-state index is 11.4. The second kappa shape index (κ2) is 22.1. The molecule has 1 N–H and O–H groups in total. The van der Waals surface area contributed by atoms with Crippen molar-refractivity contribution in [2.45, 2.75) is 147 Å². The zero-order valence-electron chi connectivity index (χ0n) is 19.7. The van der Waals surface area contributed by atoms with Crippen LogP contribution in [0.1, 0.15) is 136 Å². The van der Waals surface area contributed by atoms with Gasteiger partial charge in [-0.05, 0) is 25.7 Å². The first-order valence-electron chi connectivity index (χ1n) is 12.0. The van der Waals surface area contributed by atoms with Crippen LogP contribution in [-0.2, 0) is 10.1 Å². The molecule has 0 radical (unpaired) electrons. The van der Waals surface area contributed by atoms with E-state index in [1.807, 2.05) is 6.92 Å². The van der Waals surface area contributed by atoms with Gasteiger partial charge in [0.15, 0.2) is 0 Å². The average molecular weight is 443 g/mol. The van der Waals surface area contributed by atoms with Crippen molar-refractivity contribution in [1.82, 2.24) is 0 Å². The molecule has 2 atom stereocenters. The van der Waals surface area contributed by atoms with E-state index >= 15 is 0 Å². The van der Waals surface area contributed by atoms with Crippen LogP contribution in [0.5, 0.6) is 0 Å². The molecule has 0 heterocycles. The summed E-state index contributed by atoms with van der Waals surface area (Å²) in [5.74, 6) is 0. The van der Waals surface area contributed by atoms with Gasteiger partial charge in [-0.1, -0.05) is 110 Å². The van der Waals surface area contributed by atoms with Gasteiger partial charge < -0.3 is 9.66 Å². The Hall–Kier alpha value is 0.870. The van der Waals surface area contributed by atoms with Crippen molar-refractivity contribution >= 4 is 10.1 Å². The van der Waals surface area contributed by atoms with E-state index in [4.69, 9.17) is 0 Å². The standard InChI is InChI=1S/C23H48O4S.Na/c1-3-5-6-7-8-9-10-11-12-13-14-15-16-17-18-19-23(28(25,26)27)21-20-22(24)4-2;/h22-24H,3-21H2,1-2H3,(H,25,26,27);/q;+1/p-1. The van der Waals surface area contributed by atoms with E-state index in [0.29, 0.717) is 25.7 Å². The number of hydrogen-bond donors (Lipinski definition) is 1. The van der Waals surface area contributed by atoms with E-state index in [-0.39, 0.29) is 29.6 Å². The Morgan fingerprint density at radius 1 is 0.655 bits per heavy atom. The Bertz CT molecular complexity index is 429. The van der Waals surface area contributed by atoms with Crippen molar-refractivity contribution in [3.8, 4) is 0 Å². The summed E-state index contributed by atoms with van der Waals surface area (Å²) in [6, 6.07) is 0. The van der Waals surface area contributed by atoms with Gasteiger partial charge in [0.05, 0.1) is 16.2 Å². The molecule has 0 fully saturated rings. The molecule has 2 unspecified atom stereocenters. The molecular weight excluding hydrogens is 395 g/mol. The minimum absolute atomic E-state index is 0. The van der Waals surface area contributed by atoms with Gasteiger partial charge in [-0.15, -0.1) is 0 Å². The van der Waals surface area contributed by atoms with Gasteiger partial charge in [-0.3, -0.25) is 0 Å². The minimum Gasteiger partial charge on any atom is -0.748 e. The predicted octanol–water partition coefficient (Wildman–Crippen LogP) is 3.72. The van der Waals surface area contributed by atoms with Gasteiger partial charge in [0, 0.05) is 5.25 Å². The summed E-state index contributed by atoms with van der Waals surface area (Å²) < 4.78 is 34.1. The molecule has 0 saturated carbocycles. The molecule has 6 heteroatoms. The molecule has 0 aromatic rings. The Balaban J connectivity index is 0. The molecule has 4 nitrogen and oxygen atoms in total. The third-order valence-corrected chi connectivity index (χ3v) is 7.12. The van der Waals surface area contributed by atoms with E-state index in [1.54, 1.807) is 0 Å². The third-order valence-electron chi connectivity index (χ3n) is 5.83.